The maximum Gasteiger partial charge on any atom is 0.244 e. The molecule has 2 aromatic carbocycles. The van der Waals surface area contributed by atoms with Gasteiger partial charge in [-0.05, 0) is 73.6 Å². The Morgan fingerprint density at radius 3 is 2.16 bits per heavy atom. The summed E-state index contributed by atoms with van der Waals surface area (Å²) in [5.41, 5.74) is 3.50. The van der Waals surface area contributed by atoms with Gasteiger partial charge in [0.05, 0.1) is 25.1 Å². The highest BCUT2D eigenvalue weighted by Crippen LogP contribution is 2.27. The van der Waals surface area contributed by atoms with Gasteiger partial charge in [0, 0.05) is 0 Å². The molecule has 6 nitrogen and oxygen atoms in total. The van der Waals surface area contributed by atoms with Crippen LogP contribution in [0.1, 0.15) is 56.3 Å². The summed E-state index contributed by atoms with van der Waals surface area (Å²) in [6.07, 6.45) is 2.23. The molecule has 0 aromatic heterocycles. The molecule has 0 spiro atoms. The Labute approximate surface area is 193 Å². The van der Waals surface area contributed by atoms with Crippen LogP contribution >= 0.6 is 0 Å². The first-order chi connectivity index (χ1) is 15.0. The van der Waals surface area contributed by atoms with Gasteiger partial charge in [0.2, 0.25) is 15.9 Å². The zero-order valence-corrected chi connectivity index (χ0v) is 21.0. The molecule has 2 aromatic rings. The van der Waals surface area contributed by atoms with Crippen LogP contribution in [0.15, 0.2) is 42.5 Å². The summed E-state index contributed by atoms with van der Waals surface area (Å²) in [7, 11) is -2.07. The zero-order chi connectivity index (χ0) is 24.1. The summed E-state index contributed by atoms with van der Waals surface area (Å²) < 4.78 is 32.0. The maximum absolute atomic E-state index is 13.4. The van der Waals surface area contributed by atoms with Crippen molar-refractivity contribution in [1.82, 2.24) is 5.32 Å². The second kappa shape index (κ2) is 10.9. The van der Waals surface area contributed by atoms with Gasteiger partial charge < -0.3 is 10.1 Å². The summed E-state index contributed by atoms with van der Waals surface area (Å²) in [4.78, 5) is 13.4. The monoisotopic (exact) mass is 460 g/mol. The number of carbonyl (C=O) groups excluding carboxylic acids is 1. The summed E-state index contributed by atoms with van der Waals surface area (Å²) in [6, 6.07) is 12.0. The van der Waals surface area contributed by atoms with E-state index in [1.165, 1.54) is 4.31 Å². The van der Waals surface area contributed by atoms with E-state index in [1.807, 2.05) is 57.2 Å². The molecule has 7 heteroatoms. The lowest BCUT2D eigenvalue weighted by Gasteiger charge is -2.32. The number of carbonyl (C=O) groups is 1. The molecule has 0 saturated heterocycles. The maximum atomic E-state index is 13.4. The van der Waals surface area contributed by atoms with E-state index in [0.29, 0.717) is 18.0 Å². The first kappa shape index (κ1) is 25.7. The number of amides is 1. The number of nitrogens with zero attached hydrogens (tertiary/aromatic N) is 1. The van der Waals surface area contributed by atoms with Crippen molar-refractivity contribution in [2.45, 2.75) is 59.5 Å². The van der Waals surface area contributed by atoms with Crippen molar-refractivity contribution in [1.29, 1.82) is 0 Å². The Hall–Kier alpha value is -2.54. The fourth-order valence-electron chi connectivity index (χ4n) is 3.78. The second-order valence-electron chi connectivity index (χ2n) is 8.72. The average Bonchev–Trinajstić information content (AvgIpc) is 2.72. The lowest BCUT2D eigenvalue weighted by atomic mass is 9.96. The van der Waals surface area contributed by atoms with Crippen LogP contribution < -0.4 is 14.4 Å². The minimum atomic E-state index is -3.68. The van der Waals surface area contributed by atoms with Gasteiger partial charge in [0.15, 0.2) is 0 Å². The summed E-state index contributed by atoms with van der Waals surface area (Å²) in [6.45, 7) is 9.92. The first-order valence-corrected chi connectivity index (χ1v) is 12.8. The van der Waals surface area contributed by atoms with E-state index >= 15 is 0 Å². The number of anilines is 1. The number of methoxy groups -OCH3 is 1. The summed E-state index contributed by atoms with van der Waals surface area (Å²) in [5, 5.41) is 3.12. The molecule has 0 bridgehead atoms. The van der Waals surface area contributed by atoms with Crippen molar-refractivity contribution < 1.29 is 17.9 Å². The lowest BCUT2D eigenvalue weighted by molar-refractivity contribution is -0.123. The molecule has 0 heterocycles. The van der Waals surface area contributed by atoms with E-state index in [4.69, 9.17) is 4.74 Å². The molecule has 0 unspecified atom stereocenters. The molecule has 1 amide bonds. The normalized spacial score (nSPS) is 13.5. The Balaban J connectivity index is 2.40. The van der Waals surface area contributed by atoms with Gasteiger partial charge in [-0.1, -0.05) is 39.0 Å². The Morgan fingerprint density at radius 2 is 1.69 bits per heavy atom. The third-order valence-corrected chi connectivity index (χ3v) is 6.80. The molecule has 176 valence electrons. The van der Waals surface area contributed by atoms with Crippen molar-refractivity contribution in [2.75, 3.05) is 17.7 Å². The quantitative estimate of drug-likeness (QED) is 0.555. The van der Waals surface area contributed by atoms with Gasteiger partial charge in [-0.15, -0.1) is 0 Å². The number of rotatable bonds is 10. The molecule has 32 heavy (non-hydrogen) atoms. The van der Waals surface area contributed by atoms with E-state index in [0.717, 1.165) is 35.1 Å². The van der Waals surface area contributed by atoms with Crippen molar-refractivity contribution >= 4 is 21.6 Å². The van der Waals surface area contributed by atoms with Crippen LogP contribution in [0.3, 0.4) is 0 Å². The third kappa shape index (κ3) is 6.48. The first-order valence-electron chi connectivity index (χ1n) is 11.0. The highest BCUT2D eigenvalue weighted by molar-refractivity contribution is 7.92. The van der Waals surface area contributed by atoms with Crippen LogP contribution in [-0.4, -0.2) is 33.7 Å². The molecule has 0 aliphatic carbocycles. The molecule has 0 fully saturated rings. The molecule has 2 atom stereocenters. The molecule has 0 aliphatic heterocycles. The fourth-order valence-corrected chi connectivity index (χ4v) is 4.98. The molecular formula is C25H36N2O4S. The van der Waals surface area contributed by atoms with Crippen LogP contribution in [0.2, 0.25) is 0 Å². The Morgan fingerprint density at radius 1 is 1.06 bits per heavy atom. The van der Waals surface area contributed by atoms with Crippen molar-refractivity contribution in [3.8, 4) is 5.75 Å². The second-order valence-corrected chi connectivity index (χ2v) is 10.6. The number of nitrogens with one attached hydrogen (secondary N) is 1. The van der Waals surface area contributed by atoms with Crippen LogP contribution in [0.5, 0.6) is 5.75 Å². The van der Waals surface area contributed by atoms with E-state index in [-0.39, 0.29) is 11.9 Å². The minimum absolute atomic E-state index is 0.233. The lowest BCUT2D eigenvalue weighted by Crippen LogP contribution is -2.50. The van der Waals surface area contributed by atoms with Gasteiger partial charge in [0.25, 0.3) is 0 Å². The minimum Gasteiger partial charge on any atom is -0.497 e. The van der Waals surface area contributed by atoms with Gasteiger partial charge in [0.1, 0.15) is 11.8 Å². The van der Waals surface area contributed by atoms with Gasteiger partial charge >= 0.3 is 0 Å². The van der Waals surface area contributed by atoms with Crippen LogP contribution in [0, 0.1) is 19.8 Å². The van der Waals surface area contributed by atoms with Crippen molar-refractivity contribution in [3.05, 3.63) is 59.2 Å². The Bertz CT molecular complexity index is 1020. The number of hydrogen-bond donors (Lipinski definition) is 1. The SMILES string of the molecule is CC[C@H](C(=O)N[C@@H](CC(C)C)c1ccc(OC)cc1)N(c1ccc(C)c(C)c1)S(C)(=O)=O. The number of benzene rings is 2. The summed E-state index contributed by atoms with van der Waals surface area (Å²) >= 11 is 0. The number of hydrogen-bond acceptors (Lipinski definition) is 4. The van der Waals surface area contributed by atoms with Crippen LogP contribution in [0.25, 0.3) is 0 Å². The van der Waals surface area contributed by atoms with E-state index in [2.05, 4.69) is 19.2 Å². The molecular weight excluding hydrogens is 424 g/mol. The van der Waals surface area contributed by atoms with Crippen molar-refractivity contribution in [2.24, 2.45) is 5.92 Å². The predicted molar refractivity (Wildman–Crippen MR) is 131 cm³/mol. The predicted octanol–water partition coefficient (Wildman–Crippen LogP) is 4.76. The highest BCUT2D eigenvalue weighted by atomic mass is 32.2. The highest BCUT2D eigenvalue weighted by Gasteiger charge is 2.33. The van der Waals surface area contributed by atoms with Gasteiger partial charge in [-0.25, -0.2) is 8.42 Å². The average molecular weight is 461 g/mol. The molecule has 0 radical (unpaired) electrons. The van der Waals surface area contributed by atoms with Crippen LogP contribution in [-0.2, 0) is 14.8 Å². The van der Waals surface area contributed by atoms with E-state index in [9.17, 15) is 13.2 Å². The topological polar surface area (TPSA) is 75.7 Å². The van der Waals surface area contributed by atoms with Crippen molar-refractivity contribution in [3.63, 3.8) is 0 Å². The third-order valence-electron chi connectivity index (χ3n) is 5.62. The van der Waals surface area contributed by atoms with Gasteiger partial charge in [-0.3, -0.25) is 9.10 Å². The van der Waals surface area contributed by atoms with Gasteiger partial charge in [-0.2, -0.15) is 0 Å². The molecule has 2 rings (SSSR count). The van der Waals surface area contributed by atoms with Crippen LogP contribution in [0.4, 0.5) is 5.69 Å². The fraction of sp³-hybridized carbons (Fsp3) is 0.480. The van der Waals surface area contributed by atoms with E-state index in [1.54, 1.807) is 13.2 Å². The zero-order valence-electron chi connectivity index (χ0n) is 20.2. The largest absolute Gasteiger partial charge is 0.497 e. The smallest absolute Gasteiger partial charge is 0.244 e. The molecule has 0 aliphatic rings. The Kier molecular flexibility index (Phi) is 8.73. The standard InChI is InChI=1S/C25H36N2O4S/c1-8-24(27(32(7,29)30)21-12-9-18(4)19(5)16-21)25(28)26-23(15-17(2)3)20-10-13-22(31-6)14-11-20/h9-14,16-17,23-24H,8,15H2,1-7H3,(H,26,28)/t23-,24+/m0/s1. The molecule has 1 N–H and O–H groups in total. The number of ether oxygens (including phenoxy) is 1. The number of sulfonamides is 1. The summed E-state index contributed by atoms with van der Waals surface area (Å²) in [5.74, 6) is 0.777. The molecule has 0 saturated carbocycles. The van der Waals surface area contributed by atoms with E-state index < -0.39 is 16.1 Å². The number of aryl methyl sites for hydroxylation is 2.